The maximum atomic E-state index is 11.2. The molecule has 104 valence electrons. The SMILES string of the molecule is CCOC(=O)Nc1ccc(Nc2ccc(Br)cc2)cn1. The number of ether oxygens (including phenoxy) is 1. The first-order valence-corrected chi connectivity index (χ1v) is 6.89. The van der Waals surface area contributed by atoms with Crippen LogP contribution in [0.15, 0.2) is 47.1 Å². The summed E-state index contributed by atoms with van der Waals surface area (Å²) in [7, 11) is 0. The molecule has 0 unspecified atom stereocenters. The summed E-state index contributed by atoms with van der Waals surface area (Å²) in [6, 6.07) is 11.3. The number of aromatic nitrogens is 1. The van der Waals surface area contributed by atoms with E-state index in [2.05, 4.69) is 31.5 Å². The minimum atomic E-state index is -0.506. The summed E-state index contributed by atoms with van der Waals surface area (Å²) in [4.78, 5) is 15.4. The summed E-state index contributed by atoms with van der Waals surface area (Å²) in [6.45, 7) is 2.08. The van der Waals surface area contributed by atoms with Crippen LogP contribution in [0.3, 0.4) is 0 Å². The predicted octanol–water partition coefficient (Wildman–Crippen LogP) is 4.16. The summed E-state index contributed by atoms with van der Waals surface area (Å²) in [5.74, 6) is 0.449. The van der Waals surface area contributed by atoms with E-state index in [1.807, 2.05) is 30.3 Å². The molecule has 0 aliphatic heterocycles. The molecule has 0 fully saturated rings. The van der Waals surface area contributed by atoms with Gasteiger partial charge in [0.15, 0.2) is 0 Å². The third-order valence-electron chi connectivity index (χ3n) is 2.40. The van der Waals surface area contributed by atoms with Crippen LogP contribution in [0.5, 0.6) is 0 Å². The fourth-order valence-corrected chi connectivity index (χ4v) is 1.78. The summed E-state index contributed by atoms with van der Waals surface area (Å²) in [6.07, 6.45) is 1.14. The van der Waals surface area contributed by atoms with Gasteiger partial charge in [0, 0.05) is 10.2 Å². The molecule has 1 heterocycles. The predicted molar refractivity (Wildman–Crippen MR) is 82.3 cm³/mol. The molecule has 20 heavy (non-hydrogen) atoms. The number of hydrogen-bond acceptors (Lipinski definition) is 4. The molecule has 1 aromatic carbocycles. The van der Waals surface area contributed by atoms with Gasteiger partial charge >= 0.3 is 6.09 Å². The van der Waals surface area contributed by atoms with E-state index in [9.17, 15) is 4.79 Å². The van der Waals surface area contributed by atoms with Crippen LogP contribution in [0.2, 0.25) is 0 Å². The van der Waals surface area contributed by atoms with Crippen molar-refractivity contribution in [3.63, 3.8) is 0 Å². The number of carbonyl (C=O) groups is 1. The van der Waals surface area contributed by atoms with Gasteiger partial charge in [0.1, 0.15) is 5.82 Å². The zero-order valence-corrected chi connectivity index (χ0v) is 12.5. The maximum absolute atomic E-state index is 11.2. The van der Waals surface area contributed by atoms with Crippen LogP contribution in [0.1, 0.15) is 6.92 Å². The Bertz CT molecular complexity index is 570. The van der Waals surface area contributed by atoms with Crippen LogP contribution in [0, 0.1) is 0 Å². The molecule has 0 bridgehead atoms. The molecular formula is C14H14BrN3O2. The fourth-order valence-electron chi connectivity index (χ4n) is 1.51. The van der Waals surface area contributed by atoms with Crippen LogP contribution in [-0.4, -0.2) is 17.7 Å². The van der Waals surface area contributed by atoms with Crippen LogP contribution in [-0.2, 0) is 4.74 Å². The molecular weight excluding hydrogens is 322 g/mol. The van der Waals surface area contributed by atoms with E-state index in [1.54, 1.807) is 19.2 Å². The quantitative estimate of drug-likeness (QED) is 0.880. The van der Waals surface area contributed by atoms with E-state index >= 15 is 0 Å². The lowest BCUT2D eigenvalue weighted by molar-refractivity contribution is 0.168. The standard InChI is InChI=1S/C14H14BrN3O2/c1-2-20-14(19)18-13-8-7-12(9-16-13)17-11-5-3-10(15)4-6-11/h3-9,17H,2H2,1H3,(H,16,18,19). The second-order valence-electron chi connectivity index (χ2n) is 3.91. The van der Waals surface area contributed by atoms with Gasteiger partial charge in [-0.05, 0) is 43.3 Å². The van der Waals surface area contributed by atoms with Crippen LogP contribution in [0.25, 0.3) is 0 Å². The third-order valence-corrected chi connectivity index (χ3v) is 2.93. The molecule has 0 radical (unpaired) electrons. The minimum Gasteiger partial charge on any atom is -0.450 e. The Labute approximate surface area is 125 Å². The first kappa shape index (κ1) is 14.3. The molecule has 0 atom stereocenters. The molecule has 0 aliphatic carbocycles. The minimum absolute atomic E-state index is 0.328. The van der Waals surface area contributed by atoms with E-state index in [4.69, 9.17) is 4.74 Å². The van der Waals surface area contributed by atoms with E-state index in [0.717, 1.165) is 15.8 Å². The largest absolute Gasteiger partial charge is 0.450 e. The Morgan fingerprint density at radius 2 is 1.90 bits per heavy atom. The Morgan fingerprint density at radius 1 is 1.20 bits per heavy atom. The lowest BCUT2D eigenvalue weighted by Crippen LogP contribution is -2.14. The first-order valence-electron chi connectivity index (χ1n) is 6.10. The Morgan fingerprint density at radius 3 is 2.50 bits per heavy atom. The molecule has 6 heteroatoms. The molecule has 1 amide bonds. The highest BCUT2D eigenvalue weighted by Gasteiger charge is 2.03. The van der Waals surface area contributed by atoms with Crippen molar-refractivity contribution in [1.29, 1.82) is 0 Å². The van der Waals surface area contributed by atoms with Crippen molar-refractivity contribution in [3.05, 3.63) is 47.1 Å². The van der Waals surface area contributed by atoms with Gasteiger partial charge in [-0.15, -0.1) is 0 Å². The second-order valence-corrected chi connectivity index (χ2v) is 4.83. The molecule has 2 N–H and O–H groups in total. The highest BCUT2D eigenvalue weighted by Crippen LogP contribution is 2.19. The zero-order chi connectivity index (χ0) is 14.4. The highest BCUT2D eigenvalue weighted by molar-refractivity contribution is 9.10. The van der Waals surface area contributed by atoms with Crippen LogP contribution >= 0.6 is 15.9 Å². The van der Waals surface area contributed by atoms with Crippen molar-refractivity contribution < 1.29 is 9.53 Å². The molecule has 0 saturated carbocycles. The zero-order valence-electron chi connectivity index (χ0n) is 10.9. The van der Waals surface area contributed by atoms with Crippen molar-refractivity contribution in [2.45, 2.75) is 6.92 Å². The number of pyridine rings is 1. The second kappa shape index (κ2) is 6.91. The average Bonchev–Trinajstić information content (AvgIpc) is 2.44. The van der Waals surface area contributed by atoms with Gasteiger partial charge in [-0.3, -0.25) is 5.32 Å². The summed E-state index contributed by atoms with van der Waals surface area (Å²) in [5.41, 5.74) is 1.79. The summed E-state index contributed by atoms with van der Waals surface area (Å²) < 4.78 is 5.80. The Balaban J connectivity index is 1.97. The van der Waals surface area contributed by atoms with Crippen LogP contribution < -0.4 is 10.6 Å². The van der Waals surface area contributed by atoms with E-state index < -0.39 is 6.09 Å². The molecule has 2 aromatic rings. The lowest BCUT2D eigenvalue weighted by Gasteiger charge is -2.08. The number of nitrogens with zero attached hydrogens (tertiary/aromatic N) is 1. The van der Waals surface area contributed by atoms with E-state index in [1.165, 1.54) is 0 Å². The Kier molecular flexibility index (Phi) is 4.95. The highest BCUT2D eigenvalue weighted by atomic mass is 79.9. The molecule has 0 spiro atoms. The van der Waals surface area contributed by atoms with Gasteiger partial charge in [0.25, 0.3) is 0 Å². The average molecular weight is 336 g/mol. The number of anilines is 3. The molecule has 5 nitrogen and oxygen atoms in total. The number of halogens is 1. The van der Waals surface area contributed by atoms with E-state index in [-0.39, 0.29) is 0 Å². The smallest absolute Gasteiger partial charge is 0.412 e. The number of rotatable bonds is 4. The van der Waals surface area contributed by atoms with Crippen molar-refractivity contribution in [2.24, 2.45) is 0 Å². The number of amides is 1. The number of carbonyl (C=O) groups excluding carboxylic acids is 1. The monoisotopic (exact) mass is 335 g/mol. The number of nitrogens with one attached hydrogen (secondary N) is 2. The van der Waals surface area contributed by atoms with Crippen LogP contribution in [0.4, 0.5) is 22.0 Å². The third kappa shape index (κ3) is 4.24. The van der Waals surface area contributed by atoms with Crippen molar-refractivity contribution in [3.8, 4) is 0 Å². The lowest BCUT2D eigenvalue weighted by atomic mass is 10.3. The van der Waals surface area contributed by atoms with Gasteiger partial charge in [0.05, 0.1) is 18.5 Å². The van der Waals surface area contributed by atoms with Gasteiger partial charge in [0.2, 0.25) is 0 Å². The maximum Gasteiger partial charge on any atom is 0.412 e. The van der Waals surface area contributed by atoms with Gasteiger partial charge in [-0.2, -0.15) is 0 Å². The summed E-state index contributed by atoms with van der Waals surface area (Å²) >= 11 is 3.38. The molecule has 0 aliphatic rings. The molecule has 0 saturated heterocycles. The van der Waals surface area contributed by atoms with Gasteiger partial charge in [-0.1, -0.05) is 15.9 Å². The van der Waals surface area contributed by atoms with E-state index in [0.29, 0.717) is 12.4 Å². The summed E-state index contributed by atoms with van der Waals surface area (Å²) in [5, 5.41) is 5.74. The molecule has 1 aromatic heterocycles. The Hall–Kier alpha value is -2.08. The number of benzene rings is 1. The normalized spacial score (nSPS) is 9.90. The topological polar surface area (TPSA) is 63.2 Å². The first-order chi connectivity index (χ1) is 9.67. The van der Waals surface area contributed by atoms with Crippen molar-refractivity contribution in [2.75, 3.05) is 17.2 Å². The van der Waals surface area contributed by atoms with Crippen molar-refractivity contribution in [1.82, 2.24) is 4.98 Å². The van der Waals surface area contributed by atoms with Crippen molar-refractivity contribution >= 4 is 39.2 Å². The number of hydrogen-bond donors (Lipinski definition) is 2. The fraction of sp³-hybridized carbons (Fsp3) is 0.143. The molecule has 2 rings (SSSR count). The van der Waals surface area contributed by atoms with Gasteiger partial charge in [-0.25, -0.2) is 9.78 Å². The van der Waals surface area contributed by atoms with Gasteiger partial charge < -0.3 is 10.1 Å².